The van der Waals surface area contributed by atoms with E-state index in [1.807, 2.05) is 13.8 Å². The van der Waals surface area contributed by atoms with Crippen LogP contribution in [0.4, 0.5) is 0 Å². The third-order valence-electron chi connectivity index (χ3n) is 14.1. The molecule has 11 aromatic rings. The molecule has 2 aliphatic carbocycles. The molecule has 0 saturated heterocycles. The maximum absolute atomic E-state index is 3.61. The van der Waals surface area contributed by atoms with Gasteiger partial charge < -0.3 is 4.98 Å². The van der Waals surface area contributed by atoms with Crippen molar-refractivity contribution in [3.05, 3.63) is 252 Å². The molecule has 13 rings (SSSR count). The van der Waals surface area contributed by atoms with Crippen LogP contribution >= 0.6 is 0 Å². The molecular weight excluding hydrogens is 759 g/mol. The van der Waals surface area contributed by atoms with Gasteiger partial charge in [0, 0.05) is 32.5 Å². The second-order valence-corrected chi connectivity index (χ2v) is 17.1. The number of para-hydroxylation sites is 1. The number of aromatic nitrogens is 1. The lowest BCUT2D eigenvalue weighted by molar-refractivity contribution is 0.713. The highest BCUT2D eigenvalue weighted by Gasteiger charge is 2.41. The number of hydrogen-bond acceptors (Lipinski definition) is 0. The summed E-state index contributed by atoms with van der Waals surface area (Å²) in [6, 6.07) is 79.9. The summed E-state index contributed by atoms with van der Waals surface area (Å²) in [5, 5.41) is 7.89. The van der Waals surface area contributed by atoms with E-state index in [0.29, 0.717) is 0 Å². The summed E-state index contributed by atoms with van der Waals surface area (Å²) in [4.78, 5) is 3.61. The average Bonchev–Trinajstić information content (AvgIpc) is 3.98. The number of nitrogens with one attached hydrogen (secondary N) is 1. The molecule has 63 heavy (non-hydrogen) atoms. The molecule has 0 amide bonds. The molecule has 0 atom stereocenters. The van der Waals surface area contributed by atoms with Crippen LogP contribution in [-0.4, -0.2) is 4.98 Å². The summed E-state index contributed by atoms with van der Waals surface area (Å²) >= 11 is 0. The lowest BCUT2D eigenvalue weighted by atomic mass is 9.73. The number of aromatic amines is 1. The van der Waals surface area contributed by atoms with Gasteiger partial charge in [-0.2, -0.15) is 0 Å². The molecule has 2 aliphatic rings. The van der Waals surface area contributed by atoms with Gasteiger partial charge in [0.05, 0.1) is 5.52 Å². The minimum absolute atomic E-state index is 0.159. The molecule has 0 aliphatic heterocycles. The van der Waals surface area contributed by atoms with E-state index in [9.17, 15) is 0 Å². The Balaban J connectivity index is 0.000000162. The zero-order valence-electron chi connectivity index (χ0n) is 36.3. The molecule has 1 heterocycles. The first-order valence-corrected chi connectivity index (χ1v) is 22.4. The standard InChI is InChI=1S/C40H30.C20H13N.C2H6/c1-39(35-15-7-3-11-31(35)32-12-4-8-16-36(32)39)29-23-19-27(20-24-29)28-21-25-30(26-22-28)40(2)37-17-9-5-13-33(37)34-14-6-10-18-38(34)40;1-3-9-15-13(7-1)14-8-2-4-10-16(14)20-19(15)17-11-5-6-12-18(17)21-20;1-2/h3-26H,1-2H3;1-12,21H;1-2H3. The van der Waals surface area contributed by atoms with Crippen LogP contribution in [0.1, 0.15) is 61.1 Å². The van der Waals surface area contributed by atoms with Crippen LogP contribution in [0.3, 0.4) is 0 Å². The summed E-state index contributed by atoms with van der Waals surface area (Å²) in [5.74, 6) is 0. The highest BCUT2D eigenvalue weighted by Crippen LogP contribution is 2.54. The van der Waals surface area contributed by atoms with Gasteiger partial charge in [-0.05, 0) is 103 Å². The Morgan fingerprint density at radius 3 is 1.05 bits per heavy atom. The molecule has 0 fully saturated rings. The predicted octanol–water partition coefficient (Wildman–Crippen LogP) is 16.7. The van der Waals surface area contributed by atoms with E-state index in [4.69, 9.17) is 0 Å². The van der Waals surface area contributed by atoms with Crippen molar-refractivity contribution in [2.75, 3.05) is 0 Å². The van der Waals surface area contributed by atoms with Gasteiger partial charge in [0.2, 0.25) is 0 Å². The van der Waals surface area contributed by atoms with Crippen LogP contribution in [0, 0.1) is 0 Å². The van der Waals surface area contributed by atoms with E-state index in [2.05, 4.69) is 237 Å². The maximum atomic E-state index is 3.61. The summed E-state index contributed by atoms with van der Waals surface area (Å²) in [6.45, 7) is 8.75. The fraction of sp³-hybridized carbons (Fsp3) is 0.0968. The second-order valence-electron chi connectivity index (χ2n) is 17.1. The van der Waals surface area contributed by atoms with Crippen LogP contribution in [-0.2, 0) is 10.8 Å². The Labute approximate surface area is 370 Å². The van der Waals surface area contributed by atoms with Crippen molar-refractivity contribution in [1.29, 1.82) is 0 Å². The molecule has 1 nitrogen and oxygen atoms in total. The number of fused-ring (bicyclic) bond motifs is 14. The maximum Gasteiger partial charge on any atom is 0.0551 e. The van der Waals surface area contributed by atoms with Crippen molar-refractivity contribution < 1.29 is 0 Å². The van der Waals surface area contributed by atoms with E-state index in [0.717, 1.165) is 0 Å². The molecule has 1 N–H and O–H groups in total. The van der Waals surface area contributed by atoms with Gasteiger partial charge >= 0.3 is 0 Å². The molecule has 10 aromatic carbocycles. The van der Waals surface area contributed by atoms with Crippen LogP contribution < -0.4 is 0 Å². The van der Waals surface area contributed by atoms with Crippen molar-refractivity contribution in [3.63, 3.8) is 0 Å². The summed E-state index contributed by atoms with van der Waals surface area (Å²) in [7, 11) is 0. The highest BCUT2D eigenvalue weighted by molar-refractivity contribution is 6.31. The first kappa shape index (κ1) is 38.4. The van der Waals surface area contributed by atoms with Gasteiger partial charge in [-0.15, -0.1) is 0 Å². The van der Waals surface area contributed by atoms with Crippen LogP contribution in [0.15, 0.2) is 218 Å². The lowest BCUT2D eigenvalue weighted by Gasteiger charge is -2.29. The zero-order valence-corrected chi connectivity index (χ0v) is 36.3. The third kappa shape index (κ3) is 5.76. The largest absolute Gasteiger partial charge is 0.354 e. The van der Waals surface area contributed by atoms with E-state index < -0.39 is 0 Å². The molecule has 302 valence electrons. The Morgan fingerprint density at radius 1 is 0.302 bits per heavy atom. The minimum Gasteiger partial charge on any atom is -0.354 e. The number of hydrogen-bond donors (Lipinski definition) is 1. The Hall–Kier alpha value is -7.48. The smallest absolute Gasteiger partial charge is 0.0551 e. The second kappa shape index (κ2) is 15.2. The third-order valence-corrected chi connectivity index (χ3v) is 14.1. The van der Waals surface area contributed by atoms with Crippen molar-refractivity contribution in [2.24, 2.45) is 0 Å². The van der Waals surface area contributed by atoms with Crippen molar-refractivity contribution >= 4 is 43.4 Å². The van der Waals surface area contributed by atoms with Gasteiger partial charge in [0.1, 0.15) is 0 Å². The SMILES string of the molecule is CC.CC1(c2ccc(-c3ccc(C4(C)c5ccccc5-c5ccccc54)cc3)cc2)c2ccccc2-c2ccccc21.c1ccc2c(c1)[nH]c1c3ccccc3c3ccccc3c21. The van der Waals surface area contributed by atoms with Crippen molar-refractivity contribution in [2.45, 2.75) is 38.5 Å². The molecule has 0 radical (unpaired) electrons. The van der Waals surface area contributed by atoms with Crippen LogP contribution in [0.5, 0.6) is 0 Å². The highest BCUT2D eigenvalue weighted by atomic mass is 14.7. The number of rotatable bonds is 3. The Morgan fingerprint density at radius 2 is 0.619 bits per heavy atom. The first-order chi connectivity index (χ1) is 31.0. The fourth-order valence-corrected chi connectivity index (χ4v) is 11.0. The topological polar surface area (TPSA) is 15.8 Å². The first-order valence-electron chi connectivity index (χ1n) is 22.4. The lowest BCUT2D eigenvalue weighted by Crippen LogP contribution is -2.22. The van der Waals surface area contributed by atoms with Crippen LogP contribution in [0.25, 0.3) is 76.7 Å². The number of H-pyrrole nitrogens is 1. The van der Waals surface area contributed by atoms with Crippen molar-refractivity contribution in [1.82, 2.24) is 4.98 Å². The van der Waals surface area contributed by atoms with Crippen LogP contribution in [0.2, 0.25) is 0 Å². The quantitative estimate of drug-likeness (QED) is 0.171. The van der Waals surface area contributed by atoms with Gasteiger partial charge in [-0.1, -0.05) is 226 Å². The van der Waals surface area contributed by atoms with E-state index in [-0.39, 0.29) is 10.8 Å². The van der Waals surface area contributed by atoms with E-state index in [1.165, 1.54) is 110 Å². The van der Waals surface area contributed by atoms with Gasteiger partial charge in [-0.3, -0.25) is 0 Å². The molecule has 0 spiro atoms. The zero-order chi connectivity index (χ0) is 42.7. The minimum atomic E-state index is -0.159. The monoisotopic (exact) mass is 807 g/mol. The summed E-state index contributed by atoms with van der Waals surface area (Å²) < 4.78 is 0. The van der Waals surface area contributed by atoms with Gasteiger partial charge in [-0.25, -0.2) is 0 Å². The molecule has 0 unspecified atom stereocenters. The predicted molar refractivity (Wildman–Crippen MR) is 269 cm³/mol. The Bertz CT molecular complexity index is 3260. The van der Waals surface area contributed by atoms with Gasteiger partial charge in [0.15, 0.2) is 0 Å². The van der Waals surface area contributed by atoms with Crippen molar-refractivity contribution in [3.8, 4) is 33.4 Å². The average molecular weight is 808 g/mol. The summed E-state index contributed by atoms with van der Waals surface area (Å²) in [5.41, 5.74) is 18.2. The summed E-state index contributed by atoms with van der Waals surface area (Å²) in [6.07, 6.45) is 0. The van der Waals surface area contributed by atoms with Gasteiger partial charge in [0.25, 0.3) is 0 Å². The fourth-order valence-electron chi connectivity index (χ4n) is 11.0. The molecule has 0 bridgehead atoms. The molecular formula is C62H49N. The number of benzene rings is 10. The van der Waals surface area contributed by atoms with E-state index >= 15 is 0 Å². The molecule has 1 heteroatoms. The molecule has 1 aromatic heterocycles. The van der Waals surface area contributed by atoms with E-state index in [1.54, 1.807) is 0 Å². The molecule has 0 saturated carbocycles. The normalized spacial score (nSPS) is 13.7. The Kier molecular flexibility index (Phi) is 9.25.